The van der Waals surface area contributed by atoms with E-state index >= 15 is 0 Å². The maximum absolute atomic E-state index is 7.74. The van der Waals surface area contributed by atoms with E-state index in [1.54, 1.807) is 0 Å². The van der Waals surface area contributed by atoms with Crippen molar-refractivity contribution in [3.05, 3.63) is 140 Å². The van der Waals surface area contributed by atoms with Gasteiger partial charge in [-0.25, -0.2) is 0 Å². The van der Waals surface area contributed by atoms with Gasteiger partial charge in [0.1, 0.15) is 5.58 Å². The minimum absolute atomic E-state index is 0.0366. The highest BCUT2D eigenvalue weighted by molar-refractivity contribution is 6.98. The lowest BCUT2D eigenvalue weighted by atomic mass is 9.34. The van der Waals surface area contributed by atoms with Crippen molar-refractivity contribution in [2.24, 2.45) is 0 Å². The highest BCUT2D eigenvalue weighted by Gasteiger charge is 2.46. The number of anilines is 3. The lowest BCUT2D eigenvalue weighted by Crippen LogP contribution is -2.60. The van der Waals surface area contributed by atoms with Crippen LogP contribution in [-0.2, 0) is 38.9 Å². The summed E-state index contributed by atoms with van der Waals surface area (Å²) in [4.78, 5) is 2.67. The number of aryl methyl sites for hydroxylation is 3. The molecule has 0 radical (unpaired) electrons. The summed E-state index contributed by atoms with van der Waals surface area (Å²) in [5.41, 5.74) is 24.3. The molecule has 0 fully saturated rings. The van der Waals surface area contributed by atoms with E-state index < -0.39 is 0 Å². The van der Waals surface area contributed by atoms with Crippen LogP contribution < -0.4 is 21.5 Å². The molecule has 3 heteroatoms. The first-order valence-electron chi connectivity index (χ1n) is 24.5. The molecule has 0 N–H and O–H groups in total. The number of hydrogen-bond acceptors (Lipinski definition) is 2. The summed E-state index contributed by atoms with van der Waals surface area (Å²) in [5.74, 6) is 0.166. The highest BCUT2D eigenvalue weighted by atomic mass is 16.3. The van der Waals surface area contributed by atoms with Crippen LogP contribution in [0, 0.1) is 13.8 Å². The van der Waals surface area contributed by atoms with Crippen molar-refractivity contribution in [3.8, 4) is 0 Å². The average Bonchev–Trinajstić information content (AvgIpc) is 3.54. The van der Waals surface area contributed by atoms with E-state index in [1.807, 2.05) is 0 Å². The van der Waals surface area contributed by atoms with Gasteiger partial charge in [0.2, 0.25) is 0 Å². The van der Waals surface area contributed by atoms with E-state index in [1.165, 1.54) is 107 Å². The van der Waals surface area contributed by atoms with Gasteiger partial charge in [-0.3, -0.25) is 0 Å². The zero-order chi connectivity index (χ0) is 46.4. The van der Waals surface area contributed by atoms with E-state index in [-0.39, 0.29) is 45.1 Å². The molecule has 1 aliphatic carbocycles. The van der Waals surface area contributed by atoms with Crippen LogP contribution >= 0.6 is 0 Å². The molecule has 0 saturated carbocycles. The Kier molecular flexibility index (Phi) is 10.1. The summed E-state index contributed by atoms with van der Waals surface area (Å²) in [6.07, 6.45) is 4.33. The Labute approximate surface area is 387 Å². The Morgan fingerprint density at radius 2 is 1.11 bits per heavy atom. The Bertz CT molecular complexity index is 2810. The molecule has 0 amide bonds. The minimum Gasteiger partial charge on any atom is -0.470 e. The van der Waals surface area contributed by atoms with Gasteiger partial charge in [0, 0.05) is 22.7 Å². The predicted molar refractivity (Wildman–Crippen MR) is 278 cm³/mol. The van der Waals surface area contributed by atoms with Crippen LogP contribution in [0.2, 0.25) is 0 Å². The van der Waals surface area contributed by atoms with E-state index in [2.05, 4.69) is 208 Å². The third-order valence-corrected chi connectivity index (χ3v) is 15.9. The molecule has 334 valence electrons. The quantitative estimate of drug-likeness (QED) is 0.161. The van der Waals surface area contributed by atoms with E-state index in [0.29, 0.717) is 0 Å². The second-order valence-electron chi connectivity index (χ2n) is 25.8. The van der Waals surface area contributed by atoms with Crippen molar-refractivity contribution in [1.82, 2.24) is 0 Å². The van der Waals surface area contributed by atoms with Crippen molar-refractivity contribution in [3.63, 3.8) is 0 Å². The average molecular weight is 850 g/mol. The molecule has 5 aromatic carbocycles. The highest BCUT2D eigenvalue weighted by Crippen LogP contribution is 2.50. The molecule has 0 bridgehead atoms. The SMILES string of the molecule is Cc1cc(C(C)(C)C)cc(C)c1N1c2ccc(C(C)(C)C)cc2B2c3oc4cc5c(cc4c3C(c3ccc(C(C)(C)C)cc3)CCc3cc(C(C)(C)C)cc1c32)C(C)(C)CCC5(C)C. The Hall–Kier alpha value is -4.50. The van der Waals surface area contributed by atoms with Gasteiger partial charge in [0.15, 0.2) is 0 Å². The summed E-state index contributed by atoms with van der Waals surface area (Å²) in [6.45, 7) is 42.6. The first-order chi connectivity index (χ1) is 29.6. The second-order valence-corrected chi connectivity index (χ2v) is 25.8. The molecule has 3 heterocycles. The number of rotatable bonds is 2. The van der Waals surface area contributed by atoms with Gasteiger partial charge >= 0.3 is 0 Å². The first kappa shape index (κ1) is 44.7. The molecule has 0 saturated heterocycles. The van der Waals surface area contributed by atoms with Crippen LogP contribution in [0.25, 0.3) is 11.0 Å². The van der Waals surface area contributed by atoms with Gasteiger partial charge in [0.05, 0.1) is 11.3 Å². The van der Waals surface area contributed by atoms with Crippen LogP contribution in [0.1, 0.15) is 197 Å². The minimum atomic E-state index is -0.0841. The normalized spacial score (nSPS) is 18.2. The number of hydrogen-bond donors (Lipinski definition) is 0. The van der Waals surface area contributed by atoms with Crippen LogP contribution in [0.3, 0.4) is 0 Å². The van der Waals surface area contributed by atoms with Gasteiger partial charge in [-0.2, -0.15) is 0 Å². The van der Waals surface area contributed by atoms with Crippen molar-refractivity contribution in [2.75, 3.05) is 4.90 Å². The molecule has 3 aliphatic rings. The monoisotopic (exact) mass is 850 g/mol. The van der Waals surface area contributed by atoms with Crippen molar-refractivity contribution < 1.29 is 4.42 Å². The predicted octanol–water partition coefficient (Wildman–Crippen LogP) is 15.0. The molecular weight excluding hydrogens is 773 g/mol. The lowest BCUT2D eigenvalue weighted by molar-refractivity contribution is 0.332. The van der Waals surface area contributed by atoms with Crippen LogP contribution in [-0.4, -0.2) is 6.71 Å². The zero-order valence-electron chi connectivity index (χ0n) is 42.8. The summed E-state index contributed by atoms with van der Waals surface area (Å²) in [5, 5.41) is 1.31. The number of fused-ring (bicyclic) bond motifs is 7. The maximum atomic E-state index is 7.74. The van der Waals surface area contributed by atoms with Gasteiger partial charge in [-0.05, 0) is 163 Å². The molecule has 9 rings (SSSR count). The second kappa shape index (κ2) is 14.5. The molecule has 1 aromatic heterocycles. The lowest BCUT2D eigenvalue weighted by Gasteiger charge is -2.42. The smallest absolute Gasteiger partial charge is 0.292 e. The van der Waals surface area contributed by atoms with Gasteiger partial charge in [-0.1, -0.05) is 171 Å². The largest absolute Gasteiger partial charge is 0.470 e. The molecule has 64 heavy (non-hydrogen) atoms. The van der Waals surface area contributed by atoms with E-state index in [9.17, 15) is 0 Å². The molecule has 2 aliphatic heterocycles. The molecule has 6 aromatic rings. The van der Waals surface area contributed by atoms with Gasteiger partial charge in [-0.15, -0.1) is 0 Å². The van der Waals surface area contributed by atoms with Crippen molar-refractivity contribution >= 4 is 51.3 Å². The third-order valence-electron chi connectivity index (χ3n) is 15.9. The summed E-state index contributed by atoms with van der Waals surface area (Å²) in [6, 6.07) is 32.2. The topological polar surface area (TPSA) is 16.4 Å². The Balaban J connectivity index is 1.43. The van der Waals surface area contributed by atoms with E-state index in [0.717, 1.165) is 24.1 Å². The Morgan fingerprint density at radius 3 is 1.67 bits per heavy atom. The fourth-order valence-corrected chi connectivity index (χ4v) is 11.6. The zero-order valence-corrected chi connectivity index (χ0v) is 42.8. The number of furan rings is 1. The standard InChI is InChI=1S/C61H76BNO/c1-36-29-42(58(9,10)11)30-37(2)54(36)63-49-26-24-41(57(6,7)8)32-48(49)62-53-39(31-43(33-50(53)63)59(12,13)14)21-25-44(38-19-22-40(23-20-38)56(3,4)5)52-45-34-46-47(35-51(45)64-55(52)62)61(17,18)28-27-60(46,15)16/h19-20,22-24,26,29-35,44H,21,25,27-28H2,1-18H3. The molecule has 1 atom stereocenters. The summed E-state index contributed by atoms with van der Waals surface area (Å²) < 4.78 is 7.74. The number of nitrogens with zero attached hydrogens (tertiary/aromatic N) is 1. The van der Waals surface area contributed by atoms with Crippen molar-refractivity contribution in [2.45, 2.75) is 189 Å². The van der Waals surface area contributed by atoms with Crippen LogP contribution in [0.5, 0.6) is 0 Å². The first-order valence-corrected chi connectivity index (χ1v) is 24.5. The van der Waals surface area contributed by atoms with E-state index in [4.69, 9.17) is 4.42 Å². The van der Waals surface area contributed by atoms with Crippen molar-refractivity contribution in [1.29, 1.82) is 0 Å². The Morgan fingerprint density at radius 1 is 0.578 bits per heavy atom. The molecular formula is C61H76BNO. The summed E-state index contributed by atoms with van der Waals surface area (Å²) >= 11 is 0. The van der Waals surface area contributed by atoms with Gasteiger partial charge < -0.3 is 9.32 Å². The maximum Gasteiger partial charge on any atom is 0.292 e. The molecule has 2 nitrogen and oxygen atoms in total. The fourth-order valence-electron chi connectivity index (χ4n) is 11.6. The van der Waals surface area contributed by atoms with Crippen LogP contribution in [0.4, 0.5) is 17.1 Å². The third kappa shape index (κ3) is 7.31. The molecule has 1 unspecified atom stereocenters. The summed E-state index contributed by atoms with van der Waals surface area (Å²) in [7, 11) is 0. The van der Waals surface area contributed by atoms with Crippen LogP contribution in [0.15, 0.2) is 83.3 Å². The molecule has 0 spiro atoms. The van der Waals surface area contributed by atoms with Gasteiger partial charge in [0.25, 0.3) is 6.71 Å². The number of benzene rings is 5. The fraction of sp³-hybridized carbons (Fsp3) is 0.475.